The van der Waals surface area contributed by atoms with Crippen molar-refractivity contribution in [1.29, 1.82) is 0 Å². The lowest BCUT2D eigenvalue weighted by Crippen LogP contribution is -2.32. The number of likely N-dealkylation sites (tertiary alicyclic amines) is 1. The van der Waals surface area contributed by atoms with E-state index in [4.69, 9.17) is 5.73 Å². The smallest absolute Gasteiger partial charge is 0.255 e. The summed E-state index contributed by atoms with van der Waals surface area (Å²) in [4.78, 5) is 18.6. The van der Waals surface area contributed by atoms with E-state index in [2.05, 4.69) is 4.98 Å². The molecule has 4 nitrogen and oxygen atoms in total. The van der Waals surface area contributed by atoms with Crippen molar-refractivity contribution in [3.63, 3.8) is 0 Å². The summed E-state index contributed by atoms with van der Waals surface area (Å²) in [5, 5.41) is 0.767. The topological polar surface area (TPSA) is 59.2 Å². The van der Waals surface area contributed by atoms with E-state index < -0.39 is 0 Å². The van der Waals surface area contributed by atoms with Crippen molar-refractivity contribution in [3.05, 3.63) is 41.3 Å². The van der Waals surface area contributed by atoms with Crippen LogP contribution in [0, 0.1) is 12.7 Å². The molecule has 0 spiro atoms. The minimum atomic E-state index is -0.325. The number of carbonyl (C=O) groups excluding carboxylic acids is 1. The Balaban J connectivity index is 2.01. The molecular weight excluding hydrogens is 257 g/mol. The summed E-state index contributed by atoms with van der Waals surface area (Å²) in [6.45, 7) is 3.04. The molecule has 2 N–H and O–H groups in total. The van der Waals surface area contributed by atoms with Crippen LogP contribution in [0.2, 0.25) is 0 Å². The first-order valence-corrected chi connectivity index (χ1v) is 6.66. The maximum absolute atomic E-state index is 13.2. The number of aryl methyl sites for hydroxylation is 1. The molecule has 3 rings (SSSR count). The van der Waals surface area contributed by atoms with E-state index in [-0.39, 0.29) is 17.8 Å². The fourth-order valence-electron chi connectivity index (χ4n) is 2.60. The number of nitrogens with two attached hydrogens (primary N) is 1. The Morgan fingerprint density at radius 3 is 2.95 bits per heavy atom. The van der Waals surface area contributed by atoms with Gasteiger partial charge in [-0.25, -0.2) is 4.39 Å². The number of nitrogens with zero attached hydrogens (tertiary/aromatic N) is 2. The Bertz CT molecular complexity index is 686. The number of fused-ring (bicyclic) bond motifs is 1. The van der Waals surface area contributed by atoms with E-state index in [1.165, 1.54) is 12.1 Å². The van der Waals surface area contributed by atoms with Gasteiger partial charge in [0.2, 0.25) is 0 Å². The van der Waals surface area contributed by atoms with E-state index >= 15 is 0 Å². The summed E-state index contributed by atoms with van der Waals surface area (Å²) in [5.74, 6) is -0.372. The summed E-state index contributed by atoms with van der Waals surface area (Å²) >= 11 is 0. The molecule has 1 aromatic heterocycles. The van der Waals surface area contributed by atoms with Crippen LogP contribution in [-0.4, -0.2) is 34.9 Å². The van der Waals surface area contributed by atoms with E-state index in [9.17, 15) is 9.18 Å². The van der Waals surface area contributed by atoms with Crippen LogP contribution >= 0.6 is 0 Å². The van der Waals surface area contributed by atoms with Gasteiger partial charge >= 0.3 is 0 Å². The molecule has 0 bridgehead atoms. The Morgan fingerprint density at radius 2 is 2.25 bits per heavy atom. The molecule has 2 aromatic rings. The fourth-order valence-corrected chi connectivity index (χ4v) is 2.60. The highest BCUT2D eigenvalue weighted by Gasteiger charge is 2.26. The normalized spacial score (nSPS) is 18.8. The Labute approximate surface area is 116 Å². The third-order valence-corrected chi connectivity index (χ3v) is 3.71. The number of hydrogen-bond acceptors (Lipinski definition) is 3. The van der Waals surface area contributed by atoms with Gasteiger partial charge in [0.15, 0.2) is 0 Å². The lowest BCUT2D eigenvalue weighted by molar-refractivity contribution is 0.0790. The number of rotatable bonds is 1. The van der Waals surface area contributed by atoms with Gasteiger partial charge in [-0.05, 0) is 31.5 Å². The summed E-state index contributed by atoms with van der Waals surface area (Å²) in [5.41, 5.74) is 7.59. The van der Waals surface area contributed by atoms with Crippen molar-refractivity contribution in [2.75, 3.05) is 13.1 Å². The van der Waals surface area contributed by atoms with Gasteiger partial charge in [-0.3, -0.25) is 9.78 Å². The first-order chi connectivity index (χ1) is 9.54. The van der Waals surface area contributed by atoms with Crippen molar-refractivity contribution in [1.82, 2.24) is 9.88 Å². The van der Waals surface area contributed by atoms with Crippen LogP contribution in [-0.2, 0) is 0 Å². The zero-order valence-electron chi connectivity index (χ0n) is 11.3. The molecule has 0 unspecified atom stereocenters. The van der Waals surface area contributed by atoms with Crippen LogP contribution in [0.4, 0.5) is 4.39 Å². The highest BCUT2D eigenvalue weighted by Crippen LogP contribution is 2.20. The van der Waals surface area contributed by atoms with E-state index in [1.54, 1.807) is 24.0 Å². The van der Waals surface area contributed by atoms with Crippen LogP contribution in [0.5, 0.6) is 0 Å². The fraction of sp³-hybridized carbons (Fsp3) is 0.333. The second kappa shape index (κ2) is 4.83. The predicted molar refractivity (Wildman–Crippen MR) is 74.9 cm³/mol. The van der Waals surface area contributed by atoms with E-state index in [0.717, 1.165) is 11.8 Å². The number of amides is 1. The molecule has 1 aliphatic heterocycles. The zero-order valence-corrected chi connectivity index (χ0v) is 11.3. The monoisotopic (exact) mass is 273 g/mol. The summed E-state index contributed by atoms with van der Waals surface area (Å²) in [6.07, 6.45) is 0.830. The summed E-state index contributed by atoms with van der Waals surface area (Å²) in [7, 11) is 0. The molecule has 1 aliphatic rings. The molecule has 1 aromatic carbocycles. The Kier molecular flexibility index (Phi) is 3.14. The van der Waals surface area contributed by atoms with Gasteiger partial charge in [0.25, 0.3) is 5.91 Å². The number of hydrogen-bond donors (Lipinski definition) is 1. The van der Waals surface area contributed by atoms with Gasteiger partial charge in [-0.1, -0.05) is 0 Å². The van der Waals surface area contributed by atoms with Gasteiger partial charge < -0.3 is 10.6 Å². The minimum absolute atomic E-state index is 0.0471. The first kappa shape index (κ1) is 13.0. The van der Waals surface area contributed by atoms with E-state index in [1.807, 2.05) is 0 Å². The predicted octanol–water partition coefficient (Wildman–Crippen LogP) is 1.86. The molecule has 1 amide bonds. The number of pyridine rings is 1. The number of carbonyl (C=O) groups is 1. The molecular formula is C15H16FN3O. The van der Waals surface area contributed by atoms with Gasteiger partial charge in [-0.2, -0.15) is 0 Å². The first-order valence-electron chi connectivity index (χ1n) is 6.66. The van der Waals surface area contributed by atoms with E-state index in [0.29, 0.717) is 29.9 Å². The van der Waals surface area contributed by atoms with Crippen LogP contribution in [0.3, 0.4) is 0 Å². The molecule has 0 aliphatic carbocycles. The largest absolute Gasteiger partial charge is 0.337 e. The van der Waals surface area contributed by atoms with Crippen LogP contribution in [0.1, 0.15) is 22.5 Å². The third kappa shape index (κ3) is 2.25. The molecule has 5 heteroatoms. The van der Waals surface area contributed by atoms with Crippen molar-refractivity contribution >= 4 is 16.8 Å². The van der Waals surface area contributed by atoms with Crippen LogP contribution in [0.15, 0.2) is 24.3 Å². The van der Waals surface area contributed by atoms with Gasteiger partial charge in [-0.15, -0.1) is 0 Å². The second-order valence-electron chi connectivity index (χ2n) is 5.26. The quantitative estimate of drug-likeness (QED) is 0.862. The lowest BCUT2D eigenvalue weighted by Gasteiger charge is -2.17. The van der Waals surface area contributed by atoms with Crippen molar-refractivity contribution in [2.45, 2.75) is 19.4 Å². The highest BCUT2D eigenvalue weighted by molar-refractivity contribution is 5.98. The Morgan fingerprint density at radius 1 is 1.45 bits per heavy atom. The lowest BCUT2D eigenvalue weighted by atomic mass is 10.1. The second-order valence-corrected chi connectivity index (χ2v) is 5.26. The van der Waals surface area contributed by atoms with Crippen LogP contribution in [0.25, 0.3) is 10.9 Å². The SMILES string of the molecule is Cc1nc2cc(F)ccc2cc1C(=O)N1CC[C@H](N)C1. The van der Waals surface area contributed by atoms with Gasteiger partial charge in [0.1, 0.15) is 5.82 Å². The Hall–Kier alpha value is -2.01. The average molecular weight is 273 g/mol. The molecule has 20 heavy (non-hydrogen) atoms. The molecule has 1 atom stereocenters. The summed E-state index contributed by atoms with van der Waals surface area (Å²) in [6, 6.07) is 6.23. The number of aromatic nitrogens is 1. The number of halogens is 1. The van der Waals surface area contributed by atoms with Gasteiger partial charge in [0.05, 0.1) is 16.8 Å². The molecule has 1 saturated heterocycles. The number of benzene rings is 1. The maximum Gasteiger partial charge on any atom is 0.255 e. The highest BCUT2D eigenvalue weighted by atomic mass is 19.1. The molecule has 104 valence electrons. The summed E-state index contributed by atoms with van der Waals surface area (Å²) < 4.78 is 13.2. The standard InChI is InChI=1S/C15H16FN3O/c1-9-13(15(20)19-5-4-12(17)8-19)6-10-2-3-11(16)7-14(10)18-9/h2-3,6-7,12H,4-5,8,17H2,1H3/t12-/m0/s1. The zero-order chi connectivity index (χ0) is 14.3. The van der Waals surface area contributed by atoms with Crippen molar-refractivity contribution in [3.8, 4) is 0 Å². The van der Waals surface area contributed by atoms with Crippen molar-refractivity contribution < 1.29 is 9.18 Å². The van der Waals surface area contributed by atoms with Gasteiger partial charge in [0, 0.05) is 30.6 Å². The molecule has 2 heterocycles. The van der Waals surface area contributed by atoms with Crippen LogP contribution < -0.4 is 5.73 Å². The maximum atomic E-state index is 13.2. The minimum Gasteiger partial charge on any atom is -0.337 e. The third-order valence-electron chi connectivity index (χ3n) is 3.71. The molecule has 1 fully saturated rings. The molecule has 0 radical (unpaired) electrons. The van der Waals surface area contributed by atoms with Crippen molar-refractivity contribution in [2.24, 2.45) is 5.73 Å². The average Bonchev–Trinajstić information content (AvgIpc) is 2.84. The molecule has 0 saturated carbocycles.